The van der Waals surface area contributed by atoms with Crippen LogP contribution in [0, 0.1) is 5.92 Å². The summed E-state index contributed by atoms with van der Waals surface area (Å²) in [7, 11) is 0. The molecule has 1 rings (SSSR count). The predicted molar refractivity (Wildman–Crippen MR) is 31.8 cm³/mol. The lowest BCUT2D eigenvalue weighted by molar-refractivity contribution is -0.173. The molecule has 1 unspecified atom stereocenters. The van der Waals surface area contributed by atoms with Crippen molar-refractivity contribution in [3.63, 3.8) is 0 Å². The smallest absolute Gasteiger partial charge is 0.251 e. The summed E-state index contributed by atoms with van der Waals surface area (Å²) in [6.07, 6.45) is 0. The zero-order valence-electron chi connectivity index (χ0n) is 5.29. The topological polar surface area (TPSA) is 0 Å². The number of thioether (sulfide) groups is 1. The summed E-state index contributed by atoms with van der Waals surface area (Å²) >= 11 is -0.184. The van der Waals surface area contributed by atoms with Crippen LogP contribution in [0.5, 0.6) is 0 Å². The fraction of sp³-hybridized carbons (Fsp3) is 1.00. The maximum absolute atomic E-state index is 12.4. The van der Waals surface area contributed by atoms with Crippen LogP contribution >= 0.6 is 11.8 Å². The van der Waals surface area contributed by atoms with E-state index in [0.717, 1.165) is 0 Å². The molecule has 1 fully saturated rings. The van der Waals surface area contributed by atoms with Gasteiger partial charge in [0.15, 0.2) is 0 Å². The molecule has 0 aromatic rings. The van der Waals surface area contributed by atoms with E-state index >= 15 is 0 Å². The van der Waals surface area contributed by atoms with Gasteiger partial charge >= 0.3 is 11.2 Å². The van der Waals surface area contributed by atoms with E-state index in [1.54, 1.807) is 0 Å². The highest BCUT2D eigenvalue weighted by molar-refractivity contribution is 8.00. The summed E-state index contributed by atoms with van der Waals surface area (Å²) in [4.78, 5) is 0. The normalized spacial score (nSPS) is 34.1. The SMILES string of the molecule is FCC1CSC(F)(F)C1(F)F. The highest BCUT2D eigenvalue weighted by Gasteiger charge is 2.66. The van der Waals surface area contributed by atoms with E-state index in [2.05, 4.69) is 0 Å². The van der Waals surface area contributed by atoms with Gasteiger partial charge in [-0.15, -0.1) is 0 Å². The Morgan fingerprint density at radius 3 is 2.00 bits per heavy atom. The second-order valence-corrected chi connectivity index (χ2v) is 3.44. The van der Waals surface area contributed by atoms with E-state index in [1.165, 1.54) is 0 Å². The number of halogens is 5. The molecule has 0 bridgehead atoms. The van der Waals surface area contributed by atoms with Crippen molar-refractivity contribution in [1.29, 1.82) is 0 Å². The molecule has 1 aliphatic rings. The van der Waals surface area contributed by atoms with Gasteiger partial charge in [0.2, 0.25) is 0 Å². The van der Waals surface area contributed by atoms with Gasteiger partial charge in [0.05, 0.1) is 12.6 Å². The second kappa shape index (κ2) is 2.50. The van der Waals surface area contributed by atoms with Gasteiger partial charge in [-0.05, 0) is 0 Å². The molecule has 0 N–H and O–H groups in total. The van der Waals surface area contributed by atoms with Crippen LogP contribution in [0.15, 0.2) is 0 Å². The Bertz CT molecular complexity index is 157. The van der Waals surface area contributed by atoms with Gasteiger partial charge in [-0.1, -0.05) is 11.8 Å². The maximum atomic E-state index is 12.4. The monoisotopic (exact) mass is 192 g/mol. The van der Waals surface area contributed by atoms with Crippen molar-refractivity contribution >= 4 is 11.8 Å². The first-order chi connectivity index (χ1) is 4.92. The van der Waals surface area contributed by atoms with E-state index in [9.17, 15) is 22.0 Å². The fourth-order valence-corrected chi connectivity index (χ4v) is 1.85. The van der Waals surface area contributed by atoms with Crippen LogP contribution < -0.4 is 0 Å². The van der Waals surface area contributed by atoms with Crippen molar-refractivity contribution in [2.24, 2.45) is 5.92 Å². The van der Waals surface area contributed by atoms with Crippen LogP contribution in [0.25, 0.3) is 0 Å². The van der Waals surface area contributed by atoms with Crippen molar-refractivity contribution in [3.05, 3.63) is 0 Å². The predicted octanol–water partition coefficient (Wildman–Crippen LogP) is 2.55. The highest BCUT2D eigenvalue weighted by atomic mass is 32.2. The molecule has 0 aromatic heterocycles. The van der Waals surface area contributed by atoms with E-state index in [0.29, 0.717) is 0 Å². The Balaban J connectivity index is 2.81. The molecule has 66 valence electrons. The van der Waals surface area contributed by atoms with Crippen molar-refractivity contribution in [2.75, 3.05) is 12.4 Å². The Labute approximate surface area is 64.1 Å². The minimum absolute atomic E-state index is 0.184. The van der Waals surface area contributed by atoms with Gasteiger partial charge in [-0.25, -0.2) is 0 Å². The van der Waals surface area contributed by atoms with Crippen LogP contribution in [0.3, 0.4) is 0 Å². The minimum Gasteiger partial charge on any atom is -0.251 e. The molecule has 11 heavy (non-hydrogen) atoms. The van der Waals surface area contributed by atoms with Crippen molar-refractivity contribution in [3.8, 4) is 0 Å². The summed E-state index contributed by atoms with van der Waals surface area (Å²) in [5.74, 6) is -6.54. The molecule has 0 amide bonds. The zero-order valence-corrected chi connectivity index (χ0v) is 6.11. The highest BCUT2D eigenvalue weighted by Crippen LogP contribution is 2.54. The standard InChI is InChI=1S/C5H5F5S/c6-1-3-2-11-5(9,10)4(3,7)8/h3H,1-2H2. The summed E-state index contributed by atoms with van der Waals surface area (Å²) in [5, 5.41) is -4.09. The minimum atomic E-state index is -4.19. The van der Waals surface area contributed by atoms with Gasteiger partial charge in [0.1, 0.15) is 0 Å². The van der Waals surface area contributed by atoms with Gasteiger partial charge in [0.25, 0.3) is 0 Å². The molecular formula is C5H5F5S. The van der Waals surface area contributed by atoms with Gasteiger partial charge in [-0.2, -0.15) is 17.6 Å². The van der Waals surface area contributed by atoms with E-state index < -0.39 is 29.5 Å². The van der Waals surface area contributed by atoms with Crippen molar-refractivity contribution in [2.45, 2.75) is 11.2 Å². The first-order valence-corrected chi connectivity index (χ1v) is 3.86. The molecule has 6 heteroatoms. The van der Waals surface area contributed by atoms with Gasteiger partial charge in [0, 0.05) is 5.75 Å². The summed E-state index contributed by atoms with van der Waals surface area (Å²) in [5.41, 5.74) is 0. The second-order valence-electron chi connectivity index (χ2n) is 2.30. The summed E-state index contributed by atoms with van der Waals surface area (Å²) in [6.45, 7) is -1.39. The number of hydrogen-bond donors (Lipinski definition) is 0. The molecule has 0 aliphatic carbocycles. The molecule has 0 aromatic carbocycles. The third kappa shape index (κ3) is 1.21. The Morgan fingerprint density at radius 2 is 1.82 bits per heavy atom. The molecule has 0 nitrogen and oxygen atoms in total. The summed E-state index contributed by atoms with van der Waals surface area (Å²) in [6, 6.07) is 0. The van der Waals surface area contributed by atoms with Gasteiger partial charge < -0.3 is 0 Å². The number of hydrogen-bond acceptors (Lipinski definition) is 1. The molecule has 1 heterocycles. The molecule has 0 radical (unpaired) electrons. The quantitative estimate of drug-likeness (QED) is 0.575. The van der Waals surface area contributed by atoms with Crippen LogP contribution in [0.2, 0.25) is 0 Å². The molecule has 1 atom stereocenters. The summed E-state index contributed by atoms with van der Waals surface area (Å²) < 4.78 is 60.9. The van der Waals surface area contributed by atoms with Crippen LogP contribution in [-0.2, 0) is 0 Å². The van der Waals surface area contributed by atoms with E-state index in [-0.39, 0.29) is 11.8 Å². The van der Waals surface area contributed by atoms with Crippen LogP contribution in [0.4, 0.5) is 22.0 Å². The van der Waals surface area contributed by atoms with Crippen LogP contribution in [0.1, 0.15) is 0 Å². The lowest BCUT2D eigenvalue weighted by Gasteiger charge is -2.20. The molecule has 1 saturated heterocycles. The first kappa shape index (κ1) is 9.09. The van der Waals surface area contributed by atoms with Crippen molar-refractivity contribution in [1.82, 2.24) is 0 Å². The largest absolute Gasteiger partial charge is 0.356 e. The van der Waals surface area contributed by atoms with Crippen molar-refractivity contribution < 1.29 is 22.0 Å². The maximum Gasteiger partial charge on any atom is 0.356 e. The fourth-order valence-electron chi connectivity index (χ4n) is 0.785. The third-order valence-corrected chi connectivity index (χ3v) is 2.76. The van der Waals surface area contributed by atoms with Crippen LogP contribution in [-0.4, -0.2) is 23.6 Å². The molecule has 0 spiro atoms. The third-order valence-electron chi connectivity index (χ3n) is 1.55. The zero-order chi connectivity index (χ0) is 8.70. The lowest BCUT2D eigenvalue weighted by atomic mass is 10.1. The Hall–Kier alpha value is -0.0000000000000000555. The van der Waals surface area contributed by atoms with E-state index in [4.69, 9.17) is 0 Å². The number of alkyl halides is 5. The lowest BCUT2D eigenvalue weighted by Crippen LogP contribution is -2.39. The molecule has 1 aliphatic heterocycles. The van der Waals surface area contributed by atoms with E-state index in [1.807, 2.05) is 0 Å². The van der Waals surface area contributed by atoms with Gasteiger partial charge in [-0.3, -0.25) is 4.39 Å². The molecule has 0 saturated carbocycles. The molecular weight excluding hydrogens is 187 g/mol. The Kier molecular flexibility index (Phi) is 2.07. The average Bonchev–Trinajstić information content (AvgIpc) is 2.05. The number of rotatable bonds is 1. The first-order valence-electron chi connectivity index (χ1n) is 2.87. The average molecular weight is 192 g/mol. The Morgan fingerprint density at radius 1 is 1.27 bits per heavy atom.